The largest absolute Gasteiger partial charge is 0.486 e. The lowest BCUT2D eigenvalue weighted by atomic mass is 10.2. The molecule has 0 unspecified atom stereocenters. The molecule has 1 amide bonds. The number of para-hydroxylation sites is 1. The van der Waals surface area contributed by atoms with Crippen molar-refractivity contribution in [2.45, 2.75) is 26.0 Å². The number of hydrogen-bond acceptors (Lipinski definition) is 4. The average Bonchev–Trinajstić information content (AvgIpc) is 3.56. The number of imidazole rings is 1. The van der Waals surface area contributed by atoms with E-state index >= 15 is 0 Å². The van der Waals surface area contributed by atoms with Crippen LogP contribution in [0.4, 0.5) is 5.82 Å². The fourth-order valence-corrected chi connectivity index (χ4v) is 3.90. The van der Waals surface area contributed by atoms with Crippen LogP contribution in [0.25, 0.3) is 0 Å². The summed E-state index contributed by atoms with van der Waals surface area (Å²) in [6.07, 6.45) is 2.45. The predicted molar refractivity (Wildman–Crippen MR) is 116 cm³/mol. The van der Waals surface area contributed by atoms with E-state index in [-0.39, 0.29) is 5.91 Å². The van der Waals surface area contributed by atoms with Crippen LogP contribution in [-0.4, -0.2) is 40.0 Å². The first-order chi connectivity index (χ1) is 14.8. The molecule has 1 saturated carbocycles. The number of aromatic nitrogens is 2. The number of carbonyl (C=O) groups excluding carboxylic acids is 1. The summed E-state index contributed by atoms with van der Waals surface area (Å²) >= 11 is 0. The normalized spacial score (nSPS) is 16.0. The molecule has 1 fully saturated rings. The third kappa shape index (κ3) is 4.03. The van der Waals surface area contributed by atoms with Gasteiger partial charge in [0.15, 0.2) is 11.5 Å². The van der Waals surface area contributed by atoms with Gasteiger partial charge >= 0.3 is 0 Å². The van der Waals surface area contributed by atoms with Gasteiger partial charge in [0.05, 0.1) is 0 Å². The quantitative estimate of drug-likeness (QED) is 0.653. The van der Waals surface area contributed by atoms with Crippen LogP contribution in [0, 0.1) is 5.92 Å². The van der Waals surface area contributed by atoms with Crippen LogP contribution in [0.15, 0.2) is 60.7 Å². The number of hydrogen-bond donors (Lipinski definition) is 1. The lowest BCUT2D eigenvalue weighted by Gasteiger charge is -2.21. The SMILES string of the molecule is O=C1c2c(nc(COc3ccccc3)n2Cc2ccccc2)NCCN1CC1CC1. The van der Waals surface area contributed by atoms with E-state index in [1.807, 2.05) is 58.0 Å². The Morgan fingerprint density at radius 3 is 2.50 bits per heavy atom. The number of ether oxygens (including phenoxy) is 1. The molecule has 1 N–H and O–H groups in total. The van der Waals surface area contributed by atoms with Gasteiger partial charge in [-0.1, -0.05) is 48.5 Å². The summed E-state index contributed by atoms with van der Waals surface area (Å²) in [7, 11) is 0. The first-order valence-corrected chi connectivity index (χ1v) is 10.6. The molecule has 0 atom stereocenters. The van der Waals surface area contributed by atoms with E-state index < -0.39 is 0 Å². The lowest BCUT2D eigenvalue weighted by molar-refractivity contribution is 0.0749. The minimum atomic E-state index is 0.0660. The van der Waals surface area contributed by atoms with Crippen LogP contribution in [0.5, 0.6) is 5.75 Å². The maximum Gasteiger partial charge on any atom is 0.274 e. The number of amides is 1. The Hall–Kier alpha value is -3.28. The maximum absolute atomic E-state index is 13.5. The first kappa shape index (κ1) is 18.7. The predicted octanol–water partition coefficient (Wildman–Crippen LogP) is 3.79. The average molecular weight is 402 g/mol. The molecule has 1 aliphatic carbocycles. The Balaban J connectivity index is 1.48. The van der Waals surface area contributed by atoms with Crippen LogP contribution < -0.4 is 10.1 Å². The van der Waals surface area contributed by atoms with E-state index in [0.29, 0.717) is 43.7 Å². The summed E-state index contributed by atoms with van der Waals surface area (Å²) in [6, 6.07) is 19.9. The highest BCUT2D eigenvalue weighted by molar-refractivity contribution is 5.98. The van der Waals surface area contributed by atoms with Crippen LogP contribution in [0.1, 0.15) is 34.7 Å². The fourth-order valence-electron chi connectivity index (χ4n) is 3.90. The standard InChI is InChI=1S/C24H26N4O2/c29-24-22-23(25-13-14-27(24)15-19-11-12-19)26-21(17-30-20-9-5-2-6-10-20)28(22)16-18-7-3-1-4-8-18/h1-10,19,25H,11-17H2. The smallest absolute Gasteiger partial charge is 0.274 e. The van der Waals surface area contributed by atoms with Gasteiger partial charge in [0.1, 0.15) is 18.2 Å². The minimum absolute atomic E-state index is 0.0660. The summed E-state index contributed by atoms with van der Waals surface area (Å²) in [5.74, 6) is 2.93. The first-order valence-electron chi connectivity index (χ1n) is 10.6. The van der Waals surface area contributed by atoms with E-state index in [4.69, 9.17) is 9.72 Å². The Morgan fingerprint density at radius 2 is 1.77 bits per heavy atom. The molecule has 3 aromatic rings. The van der Waals surface area contributed by atoms with Gasteiger partial charge in [-0.15, -0.1) is 0 Å². The van der Waals surface area contributed by atoms with Crippen molar-refractivity contribution in [2.24, 2.45) is 5.92 Å². The summed E-state index contributed by atoms with van der Waals surface area (Å²) in [4.78, 5) is 20.3. The maximum atomic E-state index is 13.5. The van der Waals surface area contributed by atoms with E-state index in [1.165, 1.54) is 12.8 Å². The molecule has 154 valence electrons. The lowest BCUT2D eigenvalue weighted by Crippen LogP contribution is -2.35. The molecule has 30 heavy (non-hydrogen) atoms. The van der Waals surface area contributed by atoms with E-state index in [0.717, 1.165) is 23.7 Å². The molecule has 0 radical (unpaired) electrons. The van der Waals surface area contributed by atoms with Crippen molar-refractivity contribution < 1.29 is 9.53 Å². The van der Waals surface area contributed by atoms with Gasteiger partial charge in [-0.25, -0.2) is 4.98 Å². The van der Waals surface area contributed by atoms with Gasteiger partial charge in [0.2, 0.25) is 0 Å². The van der Waals surface area contributed by atoms with Crippen LogP contribution in [0.2, 0.25) is 0 Å². The van der Waals surface area contributed by atoms with Crippen molar-refractivity contribution in [1.82, 2.24) is 14.5 Å². The summed E-state index contributed by atoms with van der Waals surface area (Å²) in [5.41, 5.74) is 1.77. The van der Waals surface area contributed by atoms with Gasteiger partial charge in [-0.2, -0.15) is 0 Å². The van der Waals surface area contributed by atoms with Gasteiger partial charge in [0, 0.05) is 26.2 Å². The zero-order valence-corrected chi connectivity index (χ0v) is 17.0. The van der Waals surface area contributed by atoms with Crippen LogP contribution in [0.3, 0.4) is 0 Å². The Morgan fingerprint density at radius 1 is 1.03 bits per heavy atom. The molecule has 6 nitrogen and oxygen atoms in total. The minimum Gasteiger partial charge on any atom is -0.486 e. The number of carbonyl (C=O) groups is 1. The molecule has 1 aromatic heterocycles. The van der Waals surface area contributed by atoms with E-state index in [1.54, 1.807) is 0 Å². The highest BCUT2D eigenvalue weighted by atomic mass is 16.5. The number of rotatable bonds is 7. The molecule has 0 bridgehead atoms. The van der Waals surface area contributed by atoms with Gasteiger partial charge in [-0.3, -0.25) is 4.79 Å². The van der Waals surface area contributed by atoms with Gasteiger partial charge < -0.3 is 19.5 Å². The molecular formula is C24H26N4O2. The summed E-state index contributed by atoms with van der Waals surface area (Å²) in [6.45, 7) is 3.16. The monoisotopic (exact) mass is 402 g/mol. The number of nitrogens with one attached hydrogen (secondary N) is 1. The van der Waals surface area contributed by atoms with E-state index in [2.05, 4.69) is 17.4 Å². The molecule has 2 aliphatic rings. The highest BCUT2D eigenvalue weighted by Crippen LogP contribution is 2.31. The number of nitrogens with zero attached hydrogens (tertiary/aromatic N) is 3. The zero-order valence-electron chi connectivity index (χ0n) is 17.0. The van der Waals surface area contributed by atoms with Crippen molar-refractivity contribution in [3.63, 3.8) is 0 Å². The third-order valence-electron chi connectivity index (χ3n) is 5.68. The molecule has 1 aliphatic heterocycles. The third-order valence-corrected chi connectivity index (χ3v) is 5.68. The van der Waals surface area contributed by atoms with Crippen molar-refractivity contribution in [2.75, 3.05) is 25.0 Å². The molecule has 6 heteroatoms. The van der Waals surface area contributed by atoms with Crippen LogP contribution >= 0.6 is 0 Å². The van der Waals surface area contributed by atoms with Gasteiger partial charge in [-0.05, 0) is 36.5 Å². The second kappa shape index (κ2) is 8.22. The highest BCUT2D eigenvalue weighted by Gasteiger charge is 2.33. The summed E-state index contributed by atoms with van der Waals surface area (Å²) in [5, 5.41) is 3.37. The van der Waals surface area contributed by atoms with Crippen molar-refractivity contribution >= 4 is 11.7 Å². The van der Waals surface area contributed by atoms with Crippen molar-refractivity contribution in [1.29, 1.82) is 0 Å². The number of anilines is 1. The fraction of sp³-hybridized carbons (Fsp3) is 0.333. The van der Waals surface area contributed by atoms with Gasteiger partial charge in [0.25, 0.3) is 5.91 Å². The number of benzene rings is 2. The second-order valence-electron chi connectivity index (χ2n) is 8.02. The molecule has 2 heterocycles. The second-order valence-corrected chi connectivity index (χ2v) is 8.02. The molecule has 2 aromatic carbocycles. The zero-order chi connectivity index (χ0) is 20.3. The Kier molecular flexibility index (Phi) is 5.13. The van der Waals surface area contributed by atoms with E-state index in [9.17, 15) is 4.79 Å². The Labute approximate surface area is 176 Å². The molecule has 0 saturated heterocycles. The molecule has 5 rings (SSSR count). The molecular weight excluding hydrogens is 376 g/mol. The topological polar surface area (TPSA) is 59.4 Å². The number of fused-ring (bicyclic) bond motifs is 1. The summed E-state index contributed by atoms with van der Waals surface area (Å²) < 4.78 is 8.00. The van der Waals surface area contributed by atoms with Crippen LogP contribution in [-0.2, 0) is 13.2 Å². The van der Waals surface area contributed by atoms with Crippen molar-refractivity contribution in [3.8, 4) is 5.75 Å². The van der Waals surface area contributed by atoms with Crippen molar-refractivity contribution in [3.05, 3.63) is 77.7 Å². The Bertz CT molecular complexity index is 1010. The molecule has 0 spiro atoms.